The molecule has 0 aliphatic carbocycles. The van der Waals surface area contributed by atoms with E-state index in [-0.39, 0.29) is 11.9 Å². The minimum atomic E-state index is -0.293. The molecule has 0 unspecified atom stereocenters. The monoisotopic (exact) mass is 526 g/mol. The van der Waals surface area contributed by atoms with E-state index < -0.39 is 0 Å². The van der Waals surface area contributed by atoms with E-state index in [9.17, 15) is 4.79 Å². The first-order chi connectivity index (χ1) is 18.0. The molecule has 4 nitrogen and oxygen atoms in total. The quantitative estimate of drug-likeness (QED) is 0.233. The molecule has 0 bridgehead atoms. The second kappa shape index (κ2) is 9.29. The lowest BCUT2D eigenvalue weighted by Gasteiger charge is -2.27. The molecule has 6 heteroatoms. The first kappa shape index (κ1) is 23.7. The SMILES string of the molecule is COc1ccc(CN2C(=O)c3ccccc3[C@@H]2c2c(-c3ccc(Cl)cc3Cl)n(C)c3ccccc23)cc1. The summed E-state index contributed by atoms with van der Waals surface area (Å²) >= 11 is 13.0. The van der Waals surface area contributed by atoms with Gasteiger partial charge in [-0.15, -0.1) is 0 Å². The van der Waals surface area contributed by atoms with Gasteiger partial charge in [0.1, 0.15) is 5.75 Å². The van der Waals surface area contributed by atoms with Crippen LogP contribution in [0.15, 0.2) is 91.0 Å². The summed E-state index contributed by atoms with van der Waals surface area (Å²) in [5.74, 6) is 0.794. The van der Waals surface area contributed by atoms with Crippen LogP contribution in [0.5, 0.6) is 5.75 Å². The average Bonchev–Trinajstić information content (AvgIpc) is 3.35. The standard InChI is InChI=1S/C31H24Cl2N2O2/c1-34-27-10-6-5-9-25(27)28(29(34)24-16-13-20(32)17-26(24)33)30-22-7-3-4-8-23(22)31(36)35(30)18-19-11-14-21(37-2)15-12-19/h3-17,30H,18H2,1-2H3/t30-/m1/s1. The van der Waals surface area contributed by atoms with E-state index in [2.05, 4.69) is 22.8 Å². The number of para-hydroxylation sites is 1. The van der Waals surface area contributed by atoms with E-state index in [0.717, 1.165) is 50.2 Å². The van der Waals surface area contributed by atoms with Crippen molar-refractivity contribution < 1.29 is 9.53 Å². The molecule has 0 saturated heterocycles. The fourth-order valence-electron chi connectivity index (χ4n) is 5.48. The molecule has 5 aromatic rings. The molecule has 1 aliphatic heterocycles. The fourth-order valence-corrected chi connectivity index (χ4v) is 5.98. The highest BCUT2D eigenvalue weighted by Crippen LogP contribution is 2.48. The maximum absolute atomic E-state index is 13.9. The van der Waals surface area contributed by atoms with Crippen molar-refractivity contribution in [1.29, 1.82) is 0 Å². The van der Waals surface area contributed by atoms with Crippen LogP contribution in [0.25, 0.3) is 22.2 Å². The van der Waals surface area contributed by atoms with Gasteiger partial charge in [0, 0.05) is 46.2 Å². The molecule has 0 radical (unpaired) electrons. The Morgan fingerprint density at radius 2 is 1.59 bits per heavy atom. The van der Waals surface area contributed by atoms with Gasteiger partial charge in [-0.2, -0.15) is 0 Å². The van der Waals surface area contributed by atoms with Gasteiger partial charge in [-0.25, -0.2) is 0 Å². The van der Waals surface area contributed by atoms with Crippen LogP contribution in [0.2, 0.25) is 10.0 Å². The van der Waals surface area contributed by atoms with E-state index >= 15 is 0 Å². The van der Waals surface area contributed by atoms with Gasteiger partial charge < -0.3 is 14.2 Å². The Balaban J connectivity index is 1.61. The normalized spacial score (nSPS) is 14.9. The lowest BCUT2D eigenvalue weighted by Crippen LogP contribution is -2.28. The predicted octanol–water partition coefficient (Wildman–Crippen LogP) is 7.91. The topological polar surface area (TPSA) is 34.5 Å². The number of methoxy groups -OCH3 is 1. The molecule has 1 atom stereocenters. The van der Waals surface area contributed by atoms with Gasteiger partial charge in [0.05, 0.1) is 23.9 Å². The van der Waals surface area contributed by atoms with Crippen LogP contribution in [-0.4, -0.2) is 22.5 Å². The molecule has 184 valence electrons. The predicted molar refractivity (Wildman–Crippen MR) is 150 cm³/mol. The van der Waals surface area contributed by atoms with Gasteiger partial charge in [0.2, 0.25) is 0 Å². The van der Waals surface area contributed by atoms with Crippen molar-refractivity contribution in [2.75, 3.05) is 7.11 Å². The van der Waals surface area contributed by atoms with E-state index in [0.29, 0.717) is 16.6 Å². The van der Waals surface area contributed by atoms with Crippen molar-refractivity contribution in [3.05, 3.63) is 123 Å². The van der Waals surface area contributed by atoms with E-state index in [1.54, 1.807) is 13.2 Å². The summed E-state index contributed by atoms with van der Waals surface area (Å²) in [5, 5.41) is 2.23. The number of aromatic nitrogens is 1. The van der Waals surface area contributed by atoms with E-state index in [1.165, 1.54) is 0 Å². The number of fused-ring (bicyclic) bond motifs is 2. The Morgan fingerprint density at radius 1 is 0.865 bits per heavy atom. The zero-order valence-corrected chi connectivity index (χ0v) is 21.9. The highest BCUT2D eigenvalue weighted by Gasteiger charge is 2.40. The number of hydrogen-bond donors (Lipinski definition) is 0. The van der Waals surface area contributed by atoms with Crippen molar-refractivity contribution in [1.82, 2.24) is 9.47 Å². The average molecular weight is 527 g/mol. The summed E-state index contributed by atoms with van der Waals surface area (Å²) in [4.78, 5) is 15.8. The van der Waals surface area contributed by atoms with Gasteiger partial charge in [0.25, 0.3) is 5.91 Å². The third kappa shape index (κ3) is 3.88. The number of halogens is 2. The summed E-state index contributed by atoms with van der Waals surface area (Å²) in [7, 11) is 3.69. The molecule has 2 heterocycles. The third-order valence-electron chi connectivity index (χ3n) is 7.18. The zero-order chi connectivity index (χ0) is 25.7. The number of carbonyl (C=O) groups excluding carboxylic acids is 1. The summed E-state index contributed by atoms with van der Waals surface area (Å²) in [6.45, 7) is 0.458. The van der Waals surface area contributed by atoms with Gasteiger partial charge in [0.15, 0.2) is 0 Å². The van der Waals surface area contributed by atoms with Crippen LogP contribution >= 0.6 is 23.2 Å². The van der Waals surface area contributed by atoms with Crippen LogP contribution in [0.4, 0.5) is 0 Å². The van der Waals surface area contributed by atoms with Crippen LogP contribution in [0, 0.1) is 0 Å². The van der Waals surface area contributed by atoms with Crippen molar-refractivity contribution in [3.8, 4) is 17.0 Å². The number of carbonyl (C=O) groups is 1. The molecule has 1 aliphatic rings. The first-order valence-electron chi connectivity index (χ1n) is 12.0. The largest absolute Gasteiger partial charge is 0.497 e. The smallest absolute Gasteiger partial charge is 0.255 e. The number of benzene rings is 4. The van der Waals surface area contributed by atoms with Crippen LogP contribution in [0.3, 0.4) is 0 Å². The van der Waals surface area contributed by atoms with Gasteiger partial charge in [-0.1, -0.05) is 71.7 Å². The van der Waals surface area contributed by atoms with Gasteiger partial charge >= 0.3 is 0 Å². The van der Waals surface area contributed by atoms with Crippen LogP contribution < -0.4 is 4.74 Å². The number of ether oxygens (including phenoxy) is 1. The van der Waals surface area contributed by atoms with Crippen molar-refractivity contribution in [3.63, 3.8) is 0 Å². The molecule has 1 aromatic heterocycles. The van der Waals surface area contributed by atoms with Gasteiger partial charge in [-0.05, 0) is 53.6 Å². The molecule has 0 saturated carbocycles. The molecule has 0 spiro atoms. The second-order valence-electron chi connectivity index (χ2n) is 9.23. The molecule has 0 fully saturated rings. The molecule has 0 N–H and O–H groups in total. The highest BCUT2D eigenvalue weighted by molar-refractivity contribution is 6.36. The Hall–Kier alpha value is -3.73. The molecule has 6 rings (SSSR count). The molecule has 1 amide bonds. The van der Waals surface area contributed by atoms with Crippen LogP contribution in [-0.2, 0) is 13.6 Å². The van der Waals surface area contributed by atoms with Crippen molar-refractivity contribution in [2.45, 2.75) is 12.6 Å². The molecular formula is C31H24Cl2N2O2. The maximum Gasteiger partial charge on any atom is 0.255 e. The minimum absolute atomic E-state index is 0.0116. The number of nitrogens with zero attached hydrogens (tertiary/aromatic N) is 2. The molecular weight excluding hydrogens is 503 g/mol. The number of hydrogen-bond acceptors (Lipinski definition) is 2. The Kier molecular flexibility index (Phi) is 5.94. The van der Waals surface area contributed by atoms with Crippen molar-refractivity contribution >= 4 is 40.0 Å². The zero-order valence-electron chi connectivity index (χ0n) is 20.4. The summed E-state index contributed by atoms with van der Waals surface area (Å²) in [6.07, 6.45) is 0. The number of rotatable bonds is 5. The first-order valence-corrected chi connectivity index (χ1v) is 12.8. The highest BCUT2D eigenvalue weighted by atomic mass is 35.5. The Morgan fingerprint density at radius 3 is 2.35 bits per heavy atom. The number of amides is 1. The summed E-state index contributed by atoms with van der Waals surface area (Å²) in [5.41, 5.74) is 6.70. The second-order valence-corrected chi connectivity index (χ2v) is 10.1. The lowest BCUT2D eigenvalue weighted by atomic mass is 9.93. The van der Waals surface area contributed by atoms with Crippen molar-refractivity contribution in [2.24, 2.45) is 7.05 Å². The minimum Gasteiger partial charge on any atom is -0.497 e. The number of aryl methyl sites for hydroxylation is 1. The Bertz CT molecular complexity index is 1660. The van der Waals surface area contributed by atoms with E-state index in [1.807, 2.05) is 78.7 Å². The fraction of sp³-hybridized carbons (Fsp3) is 0.129. The van der Waals surface area contributed by atoms with E-state index in [4.69, 9.17) is 27.9 Å². The maximum atomic E-state index is 13.9. The molecule has 4 aromatic carbocycles. The van der Waals surface area contributed by atoms with Gasteiger partial charge in [-0.3, -0.25) is 4.79 Å². The third-order valence-corrected chi connectivity index (χ3v) is 7.72. The molecule has 37 heavy (non-hydrogen) atoms. The summed E-state index contributed by atoms with van der Waals surface area (Å²) in [6, 6.07) is 29.3. The summed E-state index contributed by atoms with van der Waals surface area (Å²) < 4.78 is 7.49. The Labute approximate surface area is 225 Å². The lowest BCUT2D eigenvalue weighted by molar-refractivity contribution is 0.0737. The van der Waals surface area contributed by atoms with Crippen LogP contribution in [0.1, 0.15) is 33.1 Å².